The highest BCUT2D eigenvalue weighted by atomic mass is 16.6. The summed E-state index contributed by atoms with van der Waals surface area (Å²) in [5.74, 6) is 0. The first-order valence-electron chi connectivity index (χ1n) is 5.95. The zero-order chi connectivity index (χ0) is 12.8. The summed E-state index contributed by atoms with van der Waals surface area (Å²) >= 11 is 0. The van der Waals surface area contributed by atoms with Crippen molar-refractivity contribution in [3.63, 3.8) is 0 Å². The third-order valence-corrected chi connectivity index (χ3v) is 2.48. The van der Waals surface area contributed by atoms with Crippen LogP contribution >= 0.6 is 0 Å². The van der Waals surface area contributed by atoms with Gasteiger partial charge in [0.15, 0.2) is 0 Å². The molecule has 17 heavy (non-hydrogen) atoms. The van der Waals surface area contributed by atoms with E-state index in [1.807, 2.05) is 45.0 Å². The fraction of sp³-hybridized carbons (Fsp3) is 0.462. The first-order valence-corrected chi connectivity index (χ1v) is 5.95. The van der Waals surface area contributed by atoms with Gasteiger partial charge in [-0.05, 0) is 19.1 Å². The largest absolute Gasteiger partial charge is 0.443 e. The van der Waals surface area contributed by atoms with Gasteiger partial charge < -0.3 is 10.5 Å². The van der Waals surface area contributed by atoms with Crippen molar-refractivity contribution in [3.8, 4) is 0 Å². The Kier molecular flexibility index (Phi) is 4.97. The number of anilines is 1. The number of carbonyl (C=O) groups excluding carboxylic acids is 1. The number of nitrogens with zero attached hydrogens (tertiary/aromatic N) is 1. The molecule has 0 saturated carbocycles. The molecule has 0 radical (unpaired) electrons. The number of amides is 1. The van der Waals surface area contributed by atoms with Crippen molar-refractivity contribution in [3.05, 3.63) is 29.8 Å². The molecule has 1 amide bonds. The SMILES string of the molecule is CC.Cc1ccc(N2CC(CN)OC2=O)cc1. The average Bonchev–Trinajstić information content (AvgIpc) is 2.74. The number of rotatable bonds is 2. The number of benzene rings is 1. The number of nitrogens with two attached hydrogens (primary N) is 1. The number of carbonyl (C=O) groups is 1. The van der Waals surface area contributed by atoms with Crippen LogP contribution in [0, 0.1) is 6.92 Å². The topological polar surface area (TPSA) is 55.6 Å². The maximum Gasteiger partial charge on any atom is 0.414 e. The predicted octanol–water partition coefficient (Wildman–Crippen LogP) is 2.31. The minimum atomic E-state index is -0.311. The highest BCUT2D eigenvalue weighted by molar-refractivity contribution is 5.89. The normalized spacial score (nSPS) is 18.5. The van der Waals surface area contributed by atoms with Crippen molar-refractivity contribution in [2.24, 2.45) is 5.73 Å². The van der Waals surface area contributed by atoms with E-state index in [1.54, 1.807) is 4.90 Å². The Hall–Kier alpha value is -1.55. The van der Waals surface area contributed by atoms with Gasteiger partial charge >= 0.3 is 6.09 Å². The van der Waals surface area contributed by atoms with Gasteiger partial charge in [-0.3, -0.25) is 4.90 Å². The first-order chi connectivity index (χ1) is 8.20. The lowest BCUT2D eigenvalue weighted by Crippen LogP contribution is -2.27. The minimum absolute atomic E-state index is 0.182. The summed E-state index contributed by atoms with van der Waals surface area (Å²) < 4.78 is 5.07. The smallest absolute Gasteiger partial charge is 0.414 e. The van der Waals surface area contributed by atoms with Crippen LogP contribution in [0.25, 0.3) is 0 Å². The molecule has 1 saturated heterocycles. The molecule has 1 aromatic carbocycles. The Morgan fingerprint density at radius 1 is 1.35 bits per heavy atom. The molecular formula is C13H20N2O2. The van der Waals surface area contributed by atoms with Gasteiger partial charge in [0, 0.05) is 12.2 Å². The summed E-state index contributed by atoms with van der Waals surface area (Å²) in [6, 6.07) is 7.77. The summed E-state index contributed by atoms with van der Waals surface area (Å²) in [5, 5.41) is 0. The van der Waals surface area contributed by atoms with E-state index < -0.39 is 0 Å². The molecular weight excluding hydrogens is 216 g/mol. The van der Waals surface area contributed by atoms with Crippen molar-refractivity contribution in [1.82, 2.24) is 0 Å². The molecule has 0 aliphatic carbocycles. The molecule has 4 heteroatoms. The van der Waals surface area contributed by atoms with E-state index in [4.69, 9.17) is 10.5 Å². The molecule has 1 atom stereocenters. The Morgan fingerprint density at radius 3 is 2.41 bits per heavy atom. The van der Waals surface area contributed by atoms with E-state index in [-0.39, 0.29) is 12.2 Å². The average molecular weight is 236 g/mol. The van der Waals surface area contributed by atoms with Gasteiger partial charge in [0.1, 0.15) is 6.10 Å². The summed E-state index contributed by atoms with van der Waals surface area (Å²) in [6.45, 7) is 6.92. The highest BCUT2D eigenvalue weighted by Crippen LogP contribution is 2.21. The van der Waals surface area contributed by atoms with E-state index >= 15 is 0 Å². The van der Waals surface area contributed by atoms with Crippen LogP contribution in [0.4, 0.5) is 10.5 Å². The quantitative estimate of drug-likeness (QED) is 0.857. The van der Waals surface area contributed by atoms with Gasteiger partial charge in [-0.25, -0.2) is 4.79 Å². The fourth-order valence-electron chi connectivity index (χ4n) is 1.58. The van der Waals surface area contributed by atoms with Crippen molar-refractivity contribution in [2.45, 2.75) is 26.9 Å². The zero-order valence-corrected chi connectivity index (χ0v) is 10.6. The van der Waals surface area contributed by atoms with Crippen LogP contribution in [-0.4, -0.2) is 25.3 Å². The number of hydrogen-bond acceptors (Lipinski definition) is 3. The maximum atomic E-state index is 11.5. The van der Waals surface area contributed by atoms with E-state index in [0.717, 1.165) is 5.69 Å². The van der Waals surface area contributed by atoms with Gasteiger partial charge in [0.05, 0.1) is 6.54 Å². The third-order valence-electron chi connectivity index (χ3n) is 2.48. The molecule has 1 aromatic rings. The highest BCUT2D eigenvalue weighted by Gasteiger charge is 2.31. The predicted molar refractivity (Wildman–Crippen MR) is 69.2 cm³/mol. The van der Waals surface area contributed by atoms with Crippen molar-refractivity contribution >= 4 is 11.8 Å². The van der Waals surface area contributed by atoms with Crippen molar-refractivity contribution < 1.29 is 9.53 Å². The monoisotopic (exact) mass is 236 g/mol. The Labute approximate surface area is 102 Å². The molecule has 0 spiro atoms. The Bertz CT molecular complexity index is 362. The van der Waals surface area contributed by atoms with Gasteiger partial charge in [0.2, 0.25) is 0 Å². The summed E-state index contributed by atoms with van der Waals surface area (Å²) in [6.07, 6.45) is -0.492. The fourth-order valence-corrected chi connectivity index (χ4v) is 1.58. The third kappa shape index (κ3) is 3.20. The number of aryl methyl sites for hydroxylation is 1. The van der Waals surface area contributed by atoms with E-state index in [9.17, 15) is 4.79 Å². The lowest BCUT2D eigenvalue weighted by molar-refractivity contribution is 0.145. The number of ether oxygens (including phenoxy) is 1. The standard InChI is InChI=1S/C11H14N2O2.C2H6/c1-8-2-4-9(5-3-8)13-7-10(6-12)15-11(13)14;1-2/h2-5,10H,6-7,12H2,1H3;1-2H3. The summed E-state index contributed by atoms with van der Waals surface area (Å²) in [5.41, 5.74) is 7.49. The van der Waals surface area contributed by atoms with Crippen LogP contribution in [0.1, 0.15) is 19.4 Å². The summed E-state index contributed by atoms with van der Waals surface area (Å²) in [7, 11) is 0. The molecule has 1 heterocycles. The summed E-state index contributed by atoms with van der Waals surface area (Å²) in [4.78, 5) is 13.1. The van der Waals surface area contributed by atoms with E-state index in [2.05, 4.69) is 0 Å². The maximum absolute atomic E-state index is 11.5. The van der Waals surface area contributed by atoms with Crippen molar-refractivity contribution in [2.75, 3.05) is 18.0 Å². The van der Waals surface area contributed by atoms with Gasteiger partial charge in [-0.2, -0.15) is 0 Å². The van der Waals surface area contributed by atoms with Gasteiger partial charge in [-0.15, -0.1) is 0 Å². The van der Waals surface area contributed by atoms with Crippen LogP contribution < -0.4 is 10.6 Å². The molecule has 94 valence electrons. The molecule has 2 rings (SSSR count). The Morgan fingerprint density at radius 2 is 1.94 bits per heavy atom. The van der Waals surface area contributed by atoms with Crippen molar-refractivity contribution in [1.29, 1.82) is 0 Å². The minimum Gasteiger partial charge on any atom is -0.443 e. The van der Waals surface area contributed by atoms with Crippen LogP contribution in [0.2, 0.25) is 0 Å². The first kappa shape index (κ1) is 13.5. The zero-order valence-electron chi connectivity index (χ0n) is 10.6. The second-order valence-corrected chi connectivity index (χ2v) is 3.69. The van der Waals surface area contributed by atoms with Crippen LogP contribution in [-0.2, 0) is 4.74 Å². The molecule has 0 bridgehead atoms. The van der Waals surface area contributed by atoms with Crippen LogP contribution in [0.5, 0.6) is 0 Å². The molecule has 1 aliphatic heterocycles. The second-order valence-electron chi connectivity index (χ2n) is 3.69. The molecule has 1 fully saturated rings. The van der Waals surface area contributed by atoms with Crippen LogP contribution in [0.3, 0.4) is 0 Å². The van der Waals surface area contributed by atoms with Crippen LogP contribution in [0.15, 0.2) is 24.3 Å². The van der Waals surface area contributed by atoms with E-state index in [1.165, 1.54) is 5.56 Å². The molecule has 1 unspecified atom stereocenters. The van der Waals surface area contributed by atoms with Gasteiger partial charge in [0.25, 0.3) is 0 Å². The number of cyclic esters (lactones) is 1. The molecule has 2 N–H and O–H groups in total. The number of hydrogen-bond donors (Lipinski definition) is 1. The van der Waals surface area contributed by atoms with Gasteiger partial charge in [-0.1, -0.05) is 31.5 Å². The molecule has 4 nitrogen and oxygen atoms in total. The van der Waals surface area contributed by atoms with E-state index in [0.29, 0.717) is 13.1 Å². The lowest BCUT2D eigenvalue weighted by Gasteiger charge is -2.12. The molecule has 1 aliphatic rings. The molecule has 0 aromatic heterocycles. The lowest BCUT2D eigenvalue weighted by atomic mass is 10.2. The Balaban J connectivity index is 0.000000686. The second kappa shape index (κ2) is 6.25.